The highest BCUT2D eigenvalue weighted by atomic mass is 16.5. The van der Waals surface area contributed by atoms with Crippen molar-refractivity contribution in [2.75, 3.05) is 0 Å². The quantitative estimate of drug-likeness (QED) is 0.148. The molecule has 0 saturated heterocycles. The lowest BCUT2D eigenvalue weighted by Crippen LogP contribution is -2.53. The number of ether oxygens (including phenoxy) is 1. The number of aryl methyl sites for hydroxylation is 4. The summed E-state index contributed by atoms with van der Waals surface area (Å²) >= 11 is 0. The van der Waals surface area contributed by atoms with Crippen LogP contribution in [-0.2, 0) is 16.8 Å². The third-order valence-electron chi connectivity index (χ3n) is 7.95. The number of aliphatic carboxylic acids is 1. The maximum atomic E-state index is 12.9. The van der Waals surface area contributed by atoms with Crippen LogP contribution in [0.3, 0.4) is 0 Å². The Morgan fingerprint density at radius 2 is 1.12 bits per heavy atom. The molecule has 0 aliphatic rings. The van der Waals surface area contributed by atoms with E-state index in [1.54, 1.807) is 0 Å². The molecular weight excluding hydrogens is 534 g/mol. The number of phenolic OH excluding ortho intramolecular Hbond substituents is 1. The number of carbonyl (C=O) groups is 1. The molecule has 218 valence electrons. The second-order valence-electron chi connectivity index (χ2n) is 11.2. The molecule has 0 aliphatic heterocycles. The molecule has 5 heteroatoms. The molecule has 43 heavy (non-hydrogen) atoms. The molecule has 0 heterocycles. The number of carboxylic acid groups (broad SMARTS) is 1. The Labute approximate surface area is 253 Å². The second kappa shape index (κ2) is 12.6. The number of aromatic hydroxyl groups is 1. The monoisotopic (exact) mass is 571 g/mol. The summed E-state index contributed by atoms with van der Waals surface area (Å²) in [6, 6.07) is 36.8. The Morgan fingerprint density at radius 1 is 0.698 bits per heavy atom. The van der Waals surface area contributed by atoms with Crippen LogP contribution in [-0.4, -0.2) is 22.2 Å². The van der Waals surface area contributed by atoms with Gasteiger partial charge in [0.1, 0.15) is 23.3 Å². The van der Waals surface area contributed by atoms with Crippen LogP contribution in [0.15, 0.2) is 115 Å². The molecule has 0 aliphatic carbocycles. The SMILES string of the molecule is Cc1cc(Oc2c(C)cc(CC(NC(c3ccccc3)(c3ccccc3)c3ccccc3)C(=O)O)cc2C)cc(C)c1O. The van der Waals surface area contributed by atoms with E-state index in [1.807, 2.05) is 143 Å². The van der Waals surface area contributed by atoms with E-state index in [4.69, 9.17) is 4.74 Å². The Balaban J connectivity index is 1.54. The maximum Gasteiger partial charge on any atom is 0.321 e. The summed E-state index contributed by atoms with van der Waals surface area (Å²) in [7, 11) is 0. The van der Waals surface area contributed by atoms with Crippen molar-refractivity contribution in [2.45, 2.75) is 45.7 Å². The van der Waals surface area contributed by atoms with Gasteiger partial charge in [-0.2, -0.15) is 0 Å². The average molecular weight is 572 g/mol. The largest absolute Gasteiger partial charge is 0.507 e. The fourth-order valence-electron chi connectivity index (χ4n) is 5.92. The summed E-state index contributed by atoms with van der Waals surface area (Å²) in [6.07, 6.45) is 0.267. The van der Waals surface area contributed by atoms with E-state index in [1.165, 1.54) is 0 Å². The van der Waals surface area contributed by atoms with Crippen molar-refractivity contribution in [3.05, 3.63) is 160 Å². The first-order chi connectivity index (χ1) is 20.7. The van der Waals surface area contributed by atoms with Gasteiger partial charge in [-0.05, 0) is 90.8 Å². The van der Waals surface area contributed by atoms with Gasteiger partial charge in [-0.15, -0.1) is 0 Å². The van der Waals surface area contributed by atoms with E-state index in [0.29, 0.717) is 5.75 Å². The Kier molecular flexibility index (Phi) is 8.65. The van der Waals surface area contributed by atoms with Crippen LogP contribution in [0.2, 0.25) is 0 Å². The van der Waals surface area contributed by atoms with Gasteiger partial charge < -0.3 is 14.9 Å². The van der Waals surface area contributed by atoms with Crippen LogP contribution in [0.25, 0.3) is 0 Å². The van der Waals surface area contributed by atoms with Gasteiger partial charge in [0.05, 0.1) is 5.54 Å². The number of phenols is 1. The number of carboxylic acids is 1. The van der Waals surface area contributed by atoms with E-state index in [2.05, 4.69) is 5.32 Å². The molecule has 0 fully saturated rings. The summed E-state index contributed by atoms with van der Waals surface area (Å²) in [5.74, 6) is 0.703. The zero-order valence-electron chi connectivity index (χ0n) is 25.0. The number of hydrogen-bond donors (Lipinski definition) is 3. The molecule has 3 N–H and O–H groups in total. The van der Waals surface area contributed by atoms with Crippen molar-refractivity contribution in [1.29, 1.82) is 0 Å². The van der Waals surface area contributed by atoms with E-state index < -0.39 is 17.6 Å². The van der Waals surface area contributed by atoms with Crippen LogP contribution in [0.4, 0.5) is 0 Å². The van der Waals surface area contributed by atoms with E-state index in [9.17, 15) is 15.0 Å². The summed E-state index contributed by atoms with van der Waals surface area (Å²) < 4.78 is 6.28. The third kappa shape index (κ3) is 6.18. The van der Waals surface area contributed by atoms with Crippen molar-refractivity contribution in [3.8, 4) is 17.2 Å². The van der Waals surface area contributed by atoms with Crippen LogP contribution in [0, 0.1) is 27.7 Å². The highest BCUT2D eigenvalue weighted by Crippen LogP contribution is 2.38. The lowest BCUT2D eigenvalue weighted by molar-refractivity contribution is -0.139. The topological polar surface area (TPSA) is 78.8 Å². The summed E-state index contributed by atoms with van der Waals surface area (Å²) in [6.45, 7) is 7.63. The number of hydrogen-bond acceptors (Lipinski definition) is 4. The van der Waals surface area contributed by atoms with Gasteiger partial charge in [0, 0.05) is 0 Å². The number of nitrogens with one attached hydrogen (secondary N) is 1. The maximum absolute atomic E-state index is 12.9. The lowest BCUT2D eigenvalue weighted by Gasteiger charge is -2.39. The smallest absolute Gasteiger partial charge is 0.321 e. The molecule has 5 aromatic rings. The van der Waals surface area contributed by atoms with Crippen LogP contribution < -0.4 is 10.1 Å². The molecule has 0 amide bonds. The minimum absolute atomic E-state index is 0.265. The fourth-order valence-corrected chi connectivity index (χ4v) is 5.92. The molecular formula is C38H37NO4. The zero-order chi connectivity index (χ0) is 30.6. The molecule has 0 radical (unpaired) electrons. The number of rotatable bonds is 10. The van der Waals surface area contributed by atoms with E-state index in [-0.39, 0.29) is 12.2 Å². The second-order valence-corrected chi connectivity index (χ2v) is 11.2. The van der Waals surface area contributed by atoms with Crippen molar-refractivity contribution < 1.29 is 19.7 Å². The molecule has 5 aromatic carbocycles. The van der Waals surface area contributed by atoms with Crippen LogP contribution in [0.1, 0.15) is 44.5 Å². The highest BCUT2D eigenvalue weighted by molar-refractivity contribution is 5.75. The van der Waals surface area contributed by atoms with Gasteiger partial charge in [-0.25, -0.2) is 0 Å². The van der Waals surface area contributed by atoms with Gasteiger partial charge in [0.2, 0.25) is 0 Å². The van der Waals surface area contributed by atoms with Crippen molar-refractivity contribution in [3.63, 3.8) is 0 Å². The molecule has 5 rings (SSSR count). The standard InChI is InChI=1S/C38H37NO4/c1-25-22-33(23-26(2)35(25)40)43-36-27(3)20-29(21-28(36)4)24-34(37(41)42)39-38(30-14-8-5-9-15-30,31-16-10-6-11-17-31)32-18-12-7-13-19-32/h5-23,34,39-40H,24H2,1-4H3,(H,41,42). The summed E-state index contributed by atoms with van der Waals surface area (Å²) in [5.41, 5.74) is 6.15. The van der Waals surface area contributed by atoms with E-state index in [0.717, 1.165) is 50.3 Å². The molecule has 0 spiro atoms. The Hall–Kier alpha value is -4.87. The van der Waals surface area contributed by atoms with Crippen LogP contribution in [0.5, 0.6) is 17.2 Å². The van der Waals surface area contributed by atoms with Gasteiger partial charge in [-0.1, -0.05) is 103 Å². The molecule has 0 aromatic heterocycles. The molecule has 0 saturated carbocycles. The zero-order valence-corrected chi connectivity index (χ0v) is 25.0. The van der Waals surface area contributed by atoms with Gasteiger partial charge in [0.15, 0.2) is 0 Å². The van der Waals surface area contributed by atoms with Gasteiger partial charge >= 0.3 is 5.97 Å². The van der Waals surface area contributed by atoms with Gasteiger partial charge in [0.25, 0.3) is 0 Å². The molecule has 1 atom stereocenters. The first-order valence-electron chi connectivity index (χ1n) is 14.4. The van der Waals surface area contributed by atoms with Crippen LogP contribution >= 0.6 is 0 Å². The summed E-state index contributed by atoms with van der Waals surface area (Å²) in [4.78, 5) is 12.9. The predicted molar refractivity (Wildman–Crippen MR) is 171 cm³/mol. The average Bonchev–Trinajstić information content (AvgIpc) is 3.01. The third-order valence-corrected chi connectivity index (χ3v) is 7.95. The van der Waals surface area contributed by atoms with Crippen molar-refractivity contribution >= 4 is 5.97 Å². The Morgan fingerprint density at radius 3 is 1.51 bits per heavy atom. The fraction of sp³-hybridized carbons (Fsp3) is 0.184. The van der Waals surface area contributed by atoms with Gasteiger partial charge in [-0.3, -0.25) is 10.1 Å². The molecule has 5 nitrogen and oxygen atoms in total. The van der Waals surface area contributed by atoms with E-state index >= 15 is 0 Å². The minimum Gasteiger partial charge on any atom is -0.507 e. The molecule has 1 unspecified atom stereocenters. The van der Waals surface area contributed by atoms with Crippen molar-refractivity contribution in [2.24, 2.45) is 0 Å². The van der Waals surface area contributed by atoms with Crippen molar-refractivity contribution in [1.82, 2.24) is 5.32 Å². The normalized spacial score (nSPS) is 12.1. The highest BCUT2D eigenvalue weighted by Gasteiger charge is 2.39. The summed E-state index contributed by atoms with van der Waals surface area (Å²) in [5, 5.41) is 24.4. The molecule has 0 bridgehead atoms. The first kappa shape index (κ1) is 29.6. The Bertz CT molecular complexity index is 1570. The predicted octanol–water partition coefficient (Wildman–Crippen LogP) is 8.00. The minimum atomic E-state index is -0.933. The lowest BCUT2D eigenvalue weighted by atomic mass is 9.76. The number of benzene rings is 5. The first-order valence-corrected chi connectivity index (χ1v) is 14.4.